The third-order valence-electron chi connectivity index (χ3n) is 1.82. The van der Waals surface area contributed by atoms with Crippen LogP contribution in [0.5, 0.6) is 0 Å². The number of hydrogen-bond donors (Lipinski definition) is 0. The molecule has 0 saturated heterocycles. The predicted octanol–water partition coefficient (Wildman–Crippen LogP) is -0.614. The van der Waals surface area contributed by atoms with Gasteiger partial charge in [-0.15, -0.1) is 0 Å². The van der Waals surface area contributed by atoms with Crippen molar-refractivity contribution in [3.8, 4) is 0 Å². The maximum atomic E-state index is 9.68. The minimum atomic E-state index is -3.92. The Morgan fingerprint density at radius 1 is 0.414 bits per heavy atom. The van der Waals surface area contributed by atoms with Gasteiger partial charge in [0, 0.05) is 23.0 Å². The van der Waals surface area contributed by atoms with Crippen LogP contribution < -0.4 is 0 Å². The molecule has 0 amide bonds. The zero-order chi connectivity index (χ0) is 23.7. The molecule has 0 aromatic carbocycles. The van der Waals surface area contributed by atoms with E-state index in [2.05, 4.69) is 0 Å². The van der Waals surface area contributed by atoms with Crippen LogP contribution in [0.4, 0.5) is 0 Å². The summed E-state index contributed by atoms with van der Waals surface area (Å²) in [4.78, 5) is 0. The van der Waals surface area contributed by atoms with Crippen LogP contribution in [0.2, 0.25) is 0 Å². The second-order valence-corrected chi connectivity index (χ2v) is 11.1. The van der Waals surface area contributed by atoms with Crippen LogP contribution in [-0.4, -0.2) is 98.8 Å². The van der Waals surface area contributed by atoms with Gasteiger partial charge in [0.25, 0.3) is 0 Å². The molecule has 0 heterocycles. The number of rotatable bonds is 8. The van der Waals surface area contributed by atoms with Crippen molar-refractivity contribution in [1.82, 2.24) is 0 Å². The van der Waals surface area contributed by atoms with Crippen LogP contribution in [0.15, 0.2) is 0 Å². The van der Waals surface area contributed by atoms with Gasteiger partial charge in [0.15, 0.2) is 0 Å². The average molecular weight is 611 g/mol. The Hall–Kier alpha value is 0.439. The van der Waals surface area contributed by atoms with Gasteiger partial charge in [0.05, 0.1) is 40.5 Å². The maximum absolute atomic E-state index is 9.68. The van der Waals surface area contributed by atoms with Crippen molar-refractivity contribution in [2.24, 2.45) is 0 Å². The smallest absolute Gasteiger partial charge is 0.748 e. The van der Waals surface area contributed by atoms with Crippen molar-refractivity contribution in [1.29, 1.82) is 0 Å². The molecule has 0 bridgehead atoms. The summed E-state index contributed by atoms with van der Waals surface area (Å²) in [5.41, 5.74) is 0. The van der Waals surface area contributed by atoms with E-state index in [1.165, 1.54) is 0 Å². The summed E-state index contributed by atoms with van der Waals surface area (Å²) in [7, 11) is -15.7. The van der Waals surface area contributed by atoms with Crippen LogP contribution in [-0.2, 0) is 40.5 Å². The third kappa shape index (κ3) is 73.6. The van der Waals surface area contributed by atoms with Gasteiger partial charge in [-0.3, -0.25) is 0 Å². The van der Waals surface area contributed by atoms with Gasteiger partial charge in [0.2, 0.25) is 0 Å². The molecule has 176 valence electrons. The van der Waals surface area contributed by atoms with Gasteiger partial charge in [-0.2, -0.15) is 0 Å². The van der Waals surface area contributed by atoms with Crippen LogP contribution in [0, 0.1) is 0 Å². The molecule has 0 aliphatic heterocycles. The van der Waals surface area contributed by atoms with Crippen molar-refractivity contribution in [2.45, 2.75) is 53.4 Å². The zero-order valence-corrected chi connectivity index (χ0v) is 22.8. The van der Waals surface area contributed by atoms with Crippen molar-refractivity contribution >= 4 is 64.4 Å². The average Bonchev–Trinajstić information content (AvgIpc) is 2.34. The summed E-state index contributed by atoms with van der Waals surface area (Å²) < 4.78 is 116. The molecule has 29 heavy (non-hydrogen) atoms. The first kappa shape index (κ1) is 39.9. The fraction of sp³-hybridized carbons (Fsp3) is 1.00. The molecule has 0 aliphatic rings. The number of hydrogen-bond acceptors (Lipinski definition) is 12. The van der Waals surface area contributed by atoms with Gasteiger partial charge in [0.1, 0.15) is 0 Å². The molecule has 0 fully saturated rings. The monoisotopic (exact) mass is 612 g/mol. The second kappa shape index (κ2) is 20.3. The van der Waals surface area contributed by atoms with Crippen molar-refractivity contribution < 1.29 is 51.9 Å². The molecule has 0 N–H and O–H groups in total. The summed E-state index contributed by atoms with van der Waals surface area (Å²) in [6.45, 7) is 6.59. The molecular formula is C12H28O12S4Sn. The molecule has 12 nitrogen and oxygen atoms in total. The molecule has 0 saturated carbocycles. The largest absolute Gasteiger partial charge is 4.00 e. The second-order valence-electron chi connectivity index (χ2n) is 5.05. The fourth-order valence-electron chi connectivity index (χ4n) is 1.00. The molecule has 0 aromatic heterocycles. The Labute approximate surface area is 191 Å². The van der Waals surface area contributed by atoms with E-state index < -0.39 is 40.5 Å². The van der Waals surface area contributed by atoms with E-state index in [1.54, 1.807) is 27.7 Å². The summed E-state index contributed by atoms with van der Waals surface area (Å²) in [6.07, 6.45) is 1.63. The molecule has 0 radical (unpaired) electrons. The van der Waals surface area contributed by atoms with Gasteiger partial charge in [-0.25, -0.2) is 33.7 Å². The topological polar surface area (TPSA) is 229 Å². The van der Waals surface area contributed by atoms with Crippen LogP contribution >= 0.6 is 0 Å². The van der Waals surface area contributed by atoms with E-state index in [9.17, 15) is 51.9 Å². The van der Waals surface area contributed by atoms with Crippen molar-refractivity contribution in [3.63, 3.8) is 0 Å². The van der Waals surface area contributed by atoms with Crippen LogP contribution in [0.1, 0.15) is 53.4 Å². The molecule has 0 atom stereocenters. The van der Waals surface area contributed by atoms with Gasteiger partial charge in [-0.05, 0) is 25.7 Å². The van der Waals surface area contributed by atoms with E-state index in [0.717, 1.165) is 0 Å². The molecule has 0 aromatic rings. The van der Waals surface area contributed by atoms with E-state index in [4.69, 9.17) is 0 Å². The molecule has 0 rings (SSSR count). The first-order valence-corrected chi connectivity index (χ1v) is 14.3. The Balaban J connectivity index is -0.0000000873. The quantitative estimate of drug-likeness (QED) is 0.247. The Kier molecular flexibility index (Phi) is 28.0. The molecule has 0 aliphatic carbocycles. The normalized spacial score (nSPS) is 11.3. The Morgan fingerprint density at radius 3 is 0.517 bits per heavy atom. The zero-order valence-electron chi connectivity index (χ0n) is 16.7. The van der Waals surface area contributed by atoms with Crippen molar-refractivity contribution in [2.75, 3.05) is 23.0 Å². The summed E-state index contributed by atoms with van der Waals surface area (Å²) in [6, 6.07) is 0. The molecule has 0 spiro atoms. The van der Waals surface area contributed by atoms with Crippen molar-refractivity contribution in [3.05, 3.63) is 0 Å². The van der Waals surface area contributed by atoms with Gasteiger partial charge in [-0.1, -0.05) is 27.7 Å². The minimum Gasteiger partial charge on any atom is -0.748 e. The SMILES string of the molecule is CCCS(=O)(=O)[O-].CCCS(=O)(=O)[O-].CCCS(=O)(=O)[O-].CCCS(=O)(=O)[O-].[Sn+4]. The van der Waals surface area contributed by atoms with Gasteiger partial charge >= 0.3 is 23.9 Å². The molecular weight excluding hydrogens is 583 g/mol. The third-order valence-corrected chi connectivity index (χ3v) is 5.45. The van der Waals surface area contributed by atoms with Crippen LogP contribution in [0.25, 0.3) is 0 Å². The summed E-state index contributed by atoms with van der Waals surface area (Å²) in [5.74, 6) is -0.972. The summed E-state index contributed by atoms with van der Waals surface area (Å²) in [5, 5.41) is 0. The predicted molar refractivity (Wildman–Crippen MR) is 105 cm³/mol. The fourth-order valence-corrected chi connectivity index (χ4v) is 3.00. The van der Waals surface area contributed by atoms with Gasteiger partial charge < -0.3 is 18.2 Å². The minimum absolute atomic E-state index is 0. The Bertz CT molecular complexity index is 635. The van der Waals surface area contributed by atoms with E-state index >= 15 is 0 Å². The van der Waals surface area contributed by atoms with E-state index in [1.807, 2.05) is 0 Å². The maximum Gasteiger partial charge on any atom is 4.00 e. The summed E-state index contributed by atoms with van der Waals surface area (Å²) >= 11 is 0. The first-order chi connectivity index (χ1) is 12.2. The standard InChI is InChI=1S/4C3H8O3S.Sn/c4*1-2-3-7(4,5)6;/h4*2-3H2,1H3,(H,4,5,6);/q;;;;+4/p-4. The molecule has 17 heteroatoms. The Morgan fingerprint density at radius 2 is 0.517 bits per heavy atom. The first-order valence-electron chi connectivity index (χ1n) is 7.98. The van der Waals surface area contributed by atoms with E-state index in [0.29, 0.717) is 25.7 Å². The van der Waals surface area contributed by atoms with Crippen LogP contribution in [0.3, 0.4) is 0 Å². The molecule has 0 unspecified atom stereocenters. The van der Waals surface area contributed by atoms with E-state index in [-0.39, 0.29) is 46.9 Å².